The third-order valence-corrected chi connectivity index (χ3v) is 6.59. The SMILES string of the molecule is Cc1ccc(C2=C(N3CCN(c4ccccc4)CC3)C(=O)N(c3ccccc3)C2=O)cc1C. The van der Waals surface area contributed by atoms with E-state index in [1.807, 2.05) is 73.7 Å². The maximum Gasteiger partial charge on any atom is 0.282 e. The summed E-state index contributed by atoms with van der Waals surface area (Å²) in [6, 6.07) is 25.5. The number of hydrogen-bond donors (Lipinski definition) is 0. The summed E-state index contributed by atoms with van der Waals surface area (Å²) in [5, 5.41) is 0. The highest BCUT2D eigenvalue weighted by molar-refractivity contribution is 6.45. The molecule has 2 aliphatic heterocycles. The van der Waals surface area contributed by atoms with Gasteiger partial charge >= 0.3 is 0 Å². The van der Waals surface area contributed by atoms with Crippen molar-refractivity contribution in [1.82, 2.24) is 4.90 Å². The summed E-state index contributed by atoms with van der Waals surface area (Å²) in [4.78, 5) is 33.1. The fraction of sp³-hybridized carbons (Fsp3) is 0.214. The lowest BCUT2D eigenvalue weighted by Crippen LogP contribution is -2.47. The number of carbonyl (C=O) groups excluding carboxylic acids is 2. The van der Waals surface area contributed by atoms with E-state index in [0.29, 0.717) is 30.0 Å². The van der Waals surface area contributed by atoms with Crippen molar-refractivity contribution in [2.45, 2.75) is 13.8 Å². The molecule has 3 aromatic carbocycles. The molecule has 0 aromatic heterocycles. The van der Waals surface area contributed by atoms with Gasteiger partial charge in [0, 0.05) is 31.9 Å². The molecule has 3 aromatic rings. The second-order valence-electron chi connectivity index (χ2n) is 8.61. The van der Waals surface area contributed by atoms with Crippen LogP contribution in [0.4, 0.5) is 11.4 Å². The van der Waals surface area contributed by atoms with Crippen molar-refractivity contribution in [3.63, 3.8) is 0 Å². The molecule has 5 rings (SSSR count). The van der Waals surface area contributed by atoms with E-state index in [9.17, 15) is 9.59 Å². The second-order valence-corrected chi connectivity index (χ2v) is 8.61. The van der Waals surface area contributed by atoms with Crippen LogP contribution in [0.3, 0.4) is 0 Å². The minimum absolute atomic E-state index is 0.243. The first-order valence-electron chi connectivity index (χ1n) is 11.4. The summed E-state index contributed by atoms with van der Waals surface area (Å²) in [6.07, 6.45) is 0. The van der Waals surface area contributed by atoms with Gasteiger partial charge in [0.1, 0.15) is 5.70 Å². The molecule has 0 saturated carbocycles. The van der Waals surface area contributed by atoms with E-state index in [1.165, 1.54) is 10.6 Å². The Bertz CT molecular complexity index is 1230. The van der Waals surface area contributed by atoms with Gasteiger partial charge in [-0.15, -0.1) is 0 Å². The molecule has 0 N–H and O–H groups in total. The summed E-state index contributed by atoms with van der Waals surface area (Å²) < 4.78 is 0. The number of piperazine rings is 1. The smallest absolute Gasteiger partial charge is 0.282 e. The van der Waals surface area contributed by atoms with Crippen LogP contribution in [0.2, 0.25) is 0 Å². The fourth-order valence-electron chi connectivity index (χ4n) is 4.61. The van der Waals surface area contributed by atoms with Crippen molar-refractivity contribution >= 4 is 28.8 Å². The standard InChI is InChI=1S/C28H27N3O2/c1-20-13-14-22(19-21(20)2)25-26(28(33)31(27(25)32)24-11-7-4-8-12-24)30-17-15-29(16-18-30)23-9-5-3-6-10-23/h3-14,19H,15-18H2,1-2H3. The van der Waals surface area contributed by atoms with Crippen molar-refractivity contribution in [2.24, 2.45) is 0 Å². The van der Waals surface area contributed by atoms with Gasteiger partial charge in [0.15, 0.2) is 0 Å². The molecule has 2 aliphatic rings. The fourth-order valence-corrected chi connectivity index (χ4v) is 4.61. The van der Waals surface area contributed by atoms with Crippen LogP contribution in [0.1, 0.15) is 16.7 Å². The Morgan fingerprint density at radius 3 is 1.79 bits per heavy atom. The molecule has 0 bridgehead atoms. The van der Waals surface area contributed by atoms with Gasteiger partial charge < -0.3 is 9.80 Å². The van der Waals surface area contributed by atoms with Crippen LogP contribution >= 0.6 is 0 Å². The molecule has 1 saturated heterocycles. The number of rotatable bonds is 4. The molecule has 0 aliphatic carbocycles. The Balaban J connectivity index is 1.52. The molecule has 5 heteroatoms. The van der Waals surface area contributed by atoms with Gasteiger partial charge in [-0.25, -0.2) is 4.90 Å². The Labute approximate surface area is 194 Å². The number of aryl methyl sites for hydroxylation is 2. The van der Waals surface area contributed by atoms with Crippen LogP contribution in [-0.2, 0) is 9.59 Å². The predicted molar refractivity (Wildman–Crippen MR) is 132 cm³/mol. The van der Waals surface area contributed by atoms with Crippen molar-refractivity contribution in [3.8, 4) is 0 Å². The quantitative estimate of drug-likeness (QED) is 0.567. The molecule has 0 spiro atoms. The van der Waals surface area contributed by atoms with Gasteiger partial charge in [-0.1, -0.05) is 54.6 Å². The third kappa shape index (κ3) is 3.80. The van der Waals surface area contributed by atoms with Crippen molar-refractivity contribution in [2.75, 3.05) is 36.0 Å². The number of nitrogens with zero attached hydrogens (tertiary/aromatic N) is 3. The number of benzene rings is 3. The first-order valence-corrected chi connectivity index (χ1v) is 11.4. The largest absolute Gasteiger partial charge is 0.368 e. The zero-order valence-electron chi connectivity index (χ0n) is 19.0. The molecule has 0 atom stereocenters. The number of carbonyl (C=O) groups is 2. The molecular weight excluding hydrogens is 410 g/mol. The van der Waals surface area contributed by atoms with Crippen LogP contribution in [0.5, 0.6) is 0 Å². The van der Waals surface area contributed by atoms with E-state index in [2.05, 4.69) is 28.9 Å². The Morgan fingerprint density at radius 1 is 0.606 bits per heavy atom. The zero-order chi connectivity index (χ0) is 22.9. The number of para-hydroxylation sites is 2. The summed E-state index contributed by atoms with van der Waals surface area (Å²) in [7, 11) is 0. The van der Waals surface area contributed by atoms with E-state index >= 15 is 0 Å². The van der Waals surface area contributed by atoms with Crippen molar-refractivity contribution in [1.29, 1.82) is 0 Å². The van der Waals surface area contributed by atoms with Crippen LogP contribution in [0.15, 0.2) is 84.6 Å². The van der Waals surface area contributed by atoms with E-state index < -0.39 is 0 Å². The highest BCUT2D eigenvalue weighted by atomic mass is 16.2. The van der Waals surface area contributed by atoms with Gasteiger partial charge in [0.2, 0.25) is 0 Å². The minimum Gasteiger partial charge on any atom is -0.368 e. The summed E-state index contributed by atoms with van der Waals surface area (Å²) in [5.74, 6) is -0.498. The maximum atomic E-state index is 13.7. The van der Waals surface area contributed by atoms with E-state index in [-0.39, 0.29) is 11.8 Å². The average molecular weight is 438 g/mol. The van der Waals surface area contributed by atoms with Crippen LogP contribution in [-0.4, -0.2) is 42.9 Å². The lowest BCUT2D eigenvalue weighted by molar-refractivity contribution is -0.120. The third-order valence-electron chi connectivity index (χ3n) is 6.59. The van der Waals surface area contributed by atoms with E-state index in [0.717, 1.165) is 29.8 Å². The van der Waals surface area contributed by atoms with Gasteiger partial charge in [0.25, 0.3) is 11.8 Å². The molecule has 1 fully saturated rings. The Morgan fingerprint density at radius 2 is 1.18 bits per heavy atom. The molecule has 2 heterocycles. The molecule has 33 heavy (non-hydrogen) atoms. The van der Waals surface area contributed by atoms with Crippen molar-refractivity contribution in [3.05, 3.63) is 101 Å². The summed E-state index contributed by atoms with van der Waals surface area (Å²) >= 11 is 0. The molecular formula is C28H27N3O2. The lowest BCUT2D eigenvalue weighted by Gasteiger charge is -2.37. The Kier molecular flexibility index (Phi) is 5.47. The normalized spacial score (nSPS) is 16.7. The molecule has 2 amide bonds. The average Bonchev–Trinajstić information content (AvgIpc) is 3.12. The maximum absolute atomic E-state index is 13.7. The summed E-state index contributed by atoms with van der Waals surface area (Å²) in [5.41, 5.74) is 5.86. The molecule has 166 valence electrons. The van der Waals surface area contributed by atoms with Gasteiger partial charge in [0.05, 0.1) is 11.3 Å². The van der Waals surface area contributed by atoms with E-state index in [1.54, 1.807) is 0 Å². The van der Waals surface area contributed by atoms with Gasteiger partial charge in [-0.05, 0) is 54.8 Å². The predicted octanol–water partition coefficient (Wildman–Crippen LogP) is 4.41. The lowest BCUT2D eigenvalue weighted by atomic mass is 9.99. The zero-order valence-corrected chi connectivity index (χ0v) is 19.0. The second kappa shape index (κ2) is 8.58. The number of anilines is 2. The first-order chi connectivity index (χ1) is 16.0. The molecule has 0 radical (unpaired) electrons. The van der Waals surface area contributed by atoms with E-state index in [4.69, 9.17) is 0 Å². The number of hydrogen-bond acceptors (Lipinski definition) is 4. The van der Waals surface area contributed by atoms with Gasteiger partial charge in [-0.2, -0.15) is 0 Å². The highest BCUT2D eigenvalue weighted by Gasteiger charge is 2.43. The minimum atomic E-state index is -0.255. The summed E-state index contributed by atoms with van der Waals surface area (Å²) in [6.45, 7) is 7.03. The number of imide groups is 1. The highest BCUT2D eigenvalue weighted by Crippen LogP contribution is 2.36. The Hall–Kier alpha value is -3.86. The van der Waals surface area contributed by atoms with Crippen LogP contribution < -0.4 is 9.80 Å². The molecule has 5 nitrogen and oxygen atoms in total. The first kappa shape index (κ1) is 21.0. The molecule has 0 unspecified atom stereocenters. The topological polar surface area (TPSA) is 43.9 Å². The number of amides is 2. The van der Waals surface area contributed by atoms with Crippen LogP contribution in [0.25, 0.3) is 5.57 Å². The van der Waals surface area contributed by atoms with Gasteiger partial charge in [-0.3, -0.25) is 9.59 Å². The van der Waals surface area contributed by atoms with Crippen LogP contribution in [0, 0.1) is 13.8 Å². The van der Waals surface area contributed by atoms with Crippen molar-refractivity contribution < 1.29 is 9.59 Å². The monoisotopic (exact) mass is 437 g/mol.